The number of carbonyl (C=O) groups is 1. The summed E-state index contributed by atoms with van der Waals surface area (Å²) in [5, 5.41) is 21.4. The molecule has 19 heavy (non-hydrogen) atoms. The molecule has 5 heteroatoms. The summed E-state index contributed by atoms with van der Waals surface area (Å²) in [7, 11) is 0. The third-order valence-corrected chi connectivity index (χ3v) is 3.07. The van der Waals surface area contributed by atoms with E-state index in [4.69, 9.17) is 5.11 Å². The van der Waals surface area contributed by atoms with E-state index in [0.717, 1.165) is 0 Å². The highest BCUT2D eigenvalue weighted by Crippen LogP contribution is 2.23. The molecule has 0 heterocycles. The smallest absolute Gasteiger partial charge is 0.259 e. The van der Waals surface area contributed by atoms with Gasteiger partial charge in [-0.05, 0) is 35.9 Å². The lowest BCUT2D eigenvalue weighted by molar-refractivity contribution is 0.102. The average molecular weight is 322 g/mol. The summed E-state index contributed by atoms with van der Waals surface area (Å²) in [6.07, 6.45) is 0. The van der Waals surface area contributed by atoms with E-state index in [2.05, 4.69) is 21.2 Å². The van der Waals surface area contributed by atoms with E-state index in [1.165, 1.54) is 12.1 Å². The molecule has 1 amide bonds. The number of aliphatic hydroxyl groups excluding tert-OH is 1. The minimum atomic E-state index is -0.403. The summed E-state index contributed by atoms with van der Waals surface area (Å²) in [5.41, 5.74) is 1.47. The van der Waals surface area contributed by atoms with E-state index in [-0.39, 0.29) is 17.9 Å². The Morgan fingerprint density at radius 2 is 2.00 bits per heavy atom. The van der Waals surface area contributed by atoms with Crippen molar-refractivity contribution in [3.05, 3.63) is 58.1 Å². The summed E-state index contributed by atoms with van der Waals surface area (Å²) in [5.74, 6) is -0.495. The maximum Gasteiger partial charge on any atom is 0.259 e. The van der Waals surface area contributed by atoms with Gasteiger partial charge in [-0.15, -0.1) is 0 Å². The van der Waals surface area contributed by atoms with Crippen molar-refractivity contribution in [2.24, 2.45) is 0 Å². The topological polar surface area (TPSA) is 69.6 Å². The lowest BCUT2D eigenvalue weighted by Gasteiger charge is -2.08. The molecule has 98 valence electrons. The fourth-order valence-corrected chi connectivity index (χ4v) is 1.99. The zero-order valence-corrected chi connectivity index (χ0v) is 11.5. The Bertz CT molecular complexity index is 613. The normalized spacial score (nSPS) is 10.2. The number of anilines is 1. The van der Waals surface area contributed by atoms with Crippen LogP contribution in [0.5, 0.6) is 5.75 Å². The molecule has 4 nitrogen and oxygen atoms in total. The Kier molecular flexibility index (Phi) is 4.19. The molecule has 0 aromatic heterocycles. The molecule has 0 aliphatic carbocycles. The monoisotopic (exact) mass is 321 g/mol. The van der Waals surface area contributed by atoms with Gasteiger partial charge in [-0.1, -0.05) is 28.1 Å². The number of hydrogen-bond acceptors (Lipinski definition) is 3. The summed E-state index contributed by atoms with van der Waals surface area (Å²) in [4.78, 5) is 12.0. The van der Waals surface area contributed by atoms with Gasteiger partial charge in [0.1, 0.15) is 5.75 Å². The standard InChI is InChI=1S/C14H12BrNO3/c15-10-4-5-12(13(18)7-10)14(19)16-11-3-1-2-9(6-11)8-17/h1-7,17-18H,8H2,(H,16,19). The lowest BCUT2D eigenvalue weighted by Crippen LogP contribution is -2.12. The van der Waals surface area contributed by atoms with Crippen LogP contribution in [0, 0.1) is 0 Å². The fourth-order valence-electron chi connectivity index (χ4n) is 1.64. The molecule has 0 fully saturated rings. The molecule has 2 aromatic carbocycles. The van der Waals surface area contributed by atoms with E-state index < -0.39 is 5.91 Å². The van der Waals surface area contributed by atoms with Crippen molar-refractivity contribution in [1.29, 1.82) is 0 Å². The van der Waals surface area contributed by atoms with Crippen molar-refractivity contribution in [3.8, 4) is 5.75 Å². The highest BCUT2D eigenvalue weighted by molar-refractivity contribution is 9.10. The van der Waals surface area contributed by atoms with Gasteiger partial charge < -0.3 is 15.5 Å². The molecule has 2 aromatic rings. The van der Waals surface area contributed by atoms with E-state index in [0.29, 0.717) is 15.7 Å². The van der Waals surface area contributed by atoms with Gasteiger partial charge in [0, 0.05) is 10.2 Å². The van der Waals surface area contributed by atoms with Gasteiger partial charge in [-0.2, -0.15) is 0 Å². The zero-order chi connectivity index (χ0) is 13.8. The first kappa shape index (κ1) is 13.6. The number of phenolic OH excluding ortho intramolecular Hbond substituents is 1. The molecule has 0 atom stereocenters. The van der Waals surface area contributed by atoms with Crippen molar-refractivity contribution in [2.75, 3.05) is 5.32 Å². The highest BCUT2D eigenvalue weighted by atomic mass is 79.9. The van der Waals surface area contributed by atoms with Gasteiger partial charge in [0.05, 0.1) is 12.2 Å². The van der Waals surface area contributed by atoms with Crippen LogP contribution in [0.2, 0.25) is 0 Å². The first-order valence-electron chi connectivity index (χ1n) is 5.60. The zero-order valence-electron chi connectivity index (χ0n) is 9.93. The van der Waals surface area contributed by atoms with Gasteiger partial charge in [-0.3, -0.25) is 4.79 Å². The Morgan fingerprint density at radius 3 is 2.68 bits per heavy atom. The number of nitrogens with one attached hydrogen (secondary N) is 1. The molecule has 0 bridgehead atoms. The fraction of sp³-hybridized carbons (Fsp3) is 0.0714. The number of carbonyl (C=O) groups excluding carboxylic acids is 1. The third-order valence-electron chi connectivity index (χ3n) is 2.57. The number of hydrogen-bond donors (Lipinski definition) is 3. The molecule has 0 aliphatic rings. The molecule has 0 saturated carbocycles. The number of rotatable bonds is 3. The SMILES string of the molecule is O=C(Nc1cccc(CO)c1)c1ccc(Br)cc1O. The van der Waals surface area contributed by atoms with Crippen LogP contribution >= 0.6 is 15.9 Å². The van der Waals surface area contributed by atoms with Gasteiger partial charge in [0.15, 0.2) is 0 Å². The van der Waals surface area contributed by atoms with E-state index in [1.807, 2.05) is 0 Å². The summed E-state index contributed by atoms with van der Waals surface area (Å²) < 4.78 is 0.698. The number of aromatic hydroxyl groups is 1. The van der Waals surface area contributed by atoms with Crippen LogP contribution in [0.3, 0.4) is 0 Å². The lowest BCUT2D eigenvalue weighted by atomic mass is 10.1. The molecular formula is C14H12BrNO3. The second-order valence-corrected chi connectivity index (χ2v) is 4.89. The molecule has 0 unspecified atom stereocenters. The molecule has 0 saturated heterocycles. The van der Waals surface area contributed by atoms with Crippen LogP contribution in [-0.4, -0.2) is 16.1 Å². The van der Waals surface area contributed by atoms with Crippen LogP contribution in [0.15, 0.2) is 46.9 Å². The Balaban J connectivity index is 2.20. The van der Waals surface area contributed by atoms with Crippen LogP contribution < -0.4 is 5.32 Å². The van der Waals surface area contributed by atoms with Crippen molar-refractivity contribution in [3.63, 3.8) is 0 Å². The van der Waals surface area contributed by atoms with Gasteiger partial charge in [-0.25, -0.2) is 0 Å². The second kappa shape index (κ2) is 5.86. The van der Waals surface area contributed by atoms with Crippen LogP contribution in [0.4, 0.5) is 5.69 Å². The van der Waals surface area contributed by atoms with Crippen molar-refractivity contribution < 1.29 is 15.0 Å². The first-order chi connectivity index (χ1) is 9.10. The highest BCUT2D eigenvalue weighted by Gasteiger charge is 2.11. The van der Waals surface area contributed by atoms with Crippen molar-refractivity contribution in [1.82, 2.24) is 0 Å². The maximum atomic E-state index is 12.0. The van der Waals surface area contributed by atoms with E-state index in [1.54, 1.807) is 30.3 Å². The summed E-state index contributed by atoms with van der Waals surface area (Å²) >= 11 is 3.21. The quantitative estimate of drug-likeness (QED) is 0.814. The molecule has 2 rings (SSSR count). The van der Waals surface area contributed by atoms with Crippen molar-refractivity contribution >= 4 is 27.5 Å². The predicted molar refractivity (Wildman–Crippen MR) is 76.1 cm³/mol. The van der Waals surface area contributed by atoms with Crippen molar-refractivity contribution in [2.45, 2.75) is 6.61 Å². The van der Waals surface area contributed by atoms with Crippen LogP contribution in [0.1, 0.15) is 15.9 Å². The largest absolute Gasteiger partial charge is 0.507 e. The third kappa shape index (κ3) is 3.33. The van der Waals surface area contributed by atoms with Gasteiger partial charge >= 0.3 is 0 Å². The molecular weight excluding hydrogens is 310 g/mol. The Hall–Kier alpha value is -1.85. The average Bonchev–Trinajstić information content (AvgIpc) is 2.38. The second-order valence-electron chi connectivity index (χ2n) is 3.97. The van der Waals surface area contributed by atoms with Crippen LogP contribution in [0.25, 0.3) is 0 Å². The molecule has 0 radical (unpaired) electrons. The maximum absolute atomic E-state index is 12.0. The van der Waals surface area contributed by atoms with E-state index in [9.17, 15) is 9.90 Å². The molecule has 3 N–H and O–H groups in total. The number of aliphatic hydroxyl groups is 1. The number of phenols is 1. The predicted octanol–water partition coefficient (Wildman–Crippen LogP) is 2.90. The summed E-state index contributed by atoms with van der Waals surface area (Å²) in [6, 6.07) is 11.6. The minimum absolute atomic E-state index is 0.0900. The molecule has 0 spiro atoms. The van der Waals surface area contributed by atoms with Gasteiger partial charge in [0.25, 0.3) is 5.91 Å². The Morgan fingerprint density at radius 1 is 1.21 bits per heavy atom. The Labute approximate surface area is 118 Å². The van der Waals surface area contributed by atoms with Gasteiger partial charge in [0.2, 0.25) is 0 Å². The van der Waals surface area contributed by atoms with E-state index >= 15 is 0 Å². The molecule has 0 aliphatic heterocycles. The number of amides is 1. The van der Waals surface area contributed by atoms with Crippen LogP contribution in [-0.2, 0) is 6.61 Å². The summed E-state index contributed by atoms with van der Waals surface area (Å²) in [6.45, 7) is -0.0900. The minimum Gasteiger partial charge on any atom is -0.507 e. The number of halogens is 1. The first-order valence-corrected chi connectivity index (χ1v) is 6.39. The number of benzene rings is 2.